The van der Waals surface area contributed by atoms with E-state index in [9.17, 15) is 13.2 Å². The van der Waals surface area contributed by atoms with Crippen LogP contribution in [-0.4, -0.2) is 20.6 Å². The third-order valence-electron chi connectivity index (χ3n) is 5.55. The predicted molar refractivity (Wildman–Crippen MR) is 130 cm³/mol. The highest BCUT2D eigenvalue weighted by atomic mass is 32.2. The number of anilines is 1. The predicted octanol–water partition coefficient (Wildman–Crippen LogP) is 5.15. The zero-order valence-corrected chi connectivity index (χ0v) is 19.8. The molecule has 3 rings (SSSR count). The summed E-state index contributed by atoms with van der Waals surface area (Å²) in [6, 6.07) is 22.7. The Bertz CT molecular complexity index is 1150. The van der Waals surface area contributed by atoms with Gasteiger partial charge in [-0.25, -0.2) is 8.42 Å². The van der Waals surface area contributed by atoms with Gasteiger partial charge in [0.15, 0.2) is 0 Å². The van der Waals surface area contributed by atoms with Crippen LogP contribution in [0.25, 0.3) is 0 Å². The number of amides is 1. The third kappa shape index (κ3) is 5.56. The number of aryl methyl sites for hydroxylation is 2. The number of rotatable bonds is 8. The summed E-state index contributed by atoms with van der Waals surface area (Å²) in [5.74, 6) is -0.151. The number of hydrogen-bond acceptors (Lipinski definition) is 3. The van der Waals surface area contributed by atoms with Gasteiger partial charge in [0, 0.05) is 5.56 Å². The largest absolute Gasteiger partial charge is 0.345 e. The van der Waals surface area contributed by atoms with E-state index >= 15 is 0 Å². The second-order valence-electron chi connectivity index (χ2n) is 8.05. The van der Waals surface area contributed by atoms with Crippen LogP contribution >= 0.6 is 0 Å². The summed E-state index contributed by atoms with van der Waals surface area (Å²) in [6.07, 6.45) is 2.00. The molecule has 0 aliphatic carbocycles. The van der Waals surface area contributed by atoms with Crippen LogP contribution in [0.4, 0.5) is 5.69 Å². The maximum atomic E-state index is 12.8. The van der Waals surface area contributed by atoms with Crippen LogP contribution in [-0.2, 0) is 16.6 Å². The first-order valence-corrected chi connectivity index (χ1v) is 12.5. The Morgan fingerprint density at radius 1 is 0.906 bits per heavy atom. The van der Waals surface area contributed by atoms with Gasteiger partial charge in [0.25, 0.3) is 5.91 Å². The van der Waals surface area contributed by atoms with E-state index in [-0.39, 0.29) is 18.5 Å². The molecule has 0 radical (unpaired) electrons. The standard InChI is InChI=1S/C26H30N2O3S/c1-5-24(22-12-7-6-8-13-22)27-26(29)23-16-14-21(15-17-23)18-28(32(4,30)31)25-19(2)10-9-11-20(25)3/h6-17,24H,5,18H2,1-4H3,(H,27,29)/t24-/m0/s1. The van der Waals surface area contributed by atoms with Gasteiger partial charge in [0.1, 0.15) is 0 Å². The van der Waals surface area contributed by atoms with Crippen molar-refractivity contribution in [3.63, 3.8) is 0 Å². The van der Waals surface area contributed by atoms with Crippen molar-refractivity contribution in [3.8, 4) is 0 Å². The number of nitrogens with zero attached hydrogens (tertiary/aromatic N) is 1. The fourth-order valence-electron chi connectivity index (χ4n) is 3.84. The Labute approximate surface area is 191 Å². The van der Waals surface area contributed by atoms with Gasteiger partial charge in [-0.3, -0.25) is 9.10 Å². The summed E-state index contributed by atoms with van der Waals surface area (Å²) in [6.45, 7) is 6.05. The zero-order valence-electron chi connectivity index (χ0n) is 19.0. The summed E-state index contributed by atoms with van der Waals surface area (Å²) < 4.78 is 26.6. The molecule has 0 unspecified atom stereocenters. The highest BCUT2D eigenvalue weighted by Crippen LogP contribution is 2.28. The first kappa shape index (κ1) is 23.5. The number of benzene rings is 3. The van der Waals surface area contributed by atoms with E-state index in [1.54, 1.807) is 12.1 Å². The Balaban J connectivity index is 1.79. The van der Waals surface area contributed by atoms with Crippen LogP contribution in [0.2, 0.25) is 0 Å². The molecule has 0 spiro atoms. The summed E-state index contributed by atoms with van der Waals surface area (Å²) >= 11 is 0. The molecule has 3 aromatic rings. The first-order chi connectivity index (χ1) is 15.2. The van der Waals surface area contributed by atoms with Gasteiger partial charge in [0.2, 0.25) is 10.0 Å². The smallest absolute Gasteiger partial charge is 0.251 e. The number of para-hydroxylation sites is 1. The molecule has 0 heterocycles. The van der Waals surface area contributed by atoms with Crippen LogP contribution in [0.3, 0.4) is 0 Å². The van der Waals surface area contributed by atoms with Crippen LogP contribution < -0.4 is 9.62 Å². The van der Waals surface area contributed by atoms with Gasteiger partial charge in [-0.1, -0.05) is 67.6 Å². The molecule has 3 aromatic carbocycles. The monoisotopic (exact) mass is 450 g/mol. The van der Waals surface area contributed by atoms with Crippen molar-refractivity contribution in [1.29, 1.82) is 0 Å². The minimum Gasteiger partial charge on any atom is -0.345 e. The van der Waals surface area contributed by atoms with Gasteiger partial charge in [-0.15, -0.1) is 0 Å². The van der Waals surface area contributed by atoms with Gasteiger partial charge in [0.05, 0.1) is 24.5 Å². The fourth-order valence-corrected chi connectivity index (χ4v) is 4.84. The second-order valence-corrected chi connectivity index (χ2v) is 9.96. The van der Waals surface area contributed by atoms with Crippen molar-refractivity contribution in [2.45, 2.75) is 39.8 Å². The number of carbonyl (C=O) groups is 1. The average Bonchev–Trinajstić information content (AvgIpc) is 2.77. The lowest BCUT2D eigenvalue weighted by atomic mass is 10.0. The van der Waals surface area contributed by atoms with E-state index < -0.39 is 10.0 Å². The maximum Gasteiger partial charge on any atom is 0.251 e. The number of sulfonamides is 1. The SMILES string of the molecule is CC[C@H](NC(=O)c1ccc(CN(c2c(C)cccc2C)S(C)(=O)=O)cc1)c1ccccc1. The summed E-state index contributed by atoms with van der Waals surface area (Å²) in [5.41, 5.74) is 4.92. The van der Waals surface area contributed by atoms with Crippen LogP contribution in [0.1, 0.15) is 52.0 Å². The van der Waals surface area contributed by atoms with Gasteiger partial charge < -0.3 is 5.32 Å². The topological polar surface area (TPSA) is 66.5 Å². The Morgan fingerprint density at radius 3 is 2.03 bits per heavy atom. The molecule has 5 nitrogen and oxygen atoms in total. The molecule has 1 atom stereocenters. The van der Waals surface area contributed by atoms with Gasteiger partial charge in [-0.2, -0.15) is 0 Å². The van der Waals surface area contributed by atoms with Crippen molar-refractivity contribution < 1.29 is 13.2 Å². The molecular weight excluding hydrogens is 420 g/mol. The molecule has 0 fully saturated rings. The number of carbonyl (C=O) groups excluding carboxylic acids is 1. The Hall–Kier alpha value is -3.12. The first-order valence-electron chi connectivity index (χ1n) is 10.7. The molecule has 0 bridgehead atoms. The highest BCUT2D eigenvalue weighted by Gasteiger charge is 2.22. The van der Waals surface area contributed by atoms with Crippen LogP contribution in [0.15, 0.2) is 72.8 Å². The third-order valence-corrected chi connectivity index (χ3v) is 6.66. The summed E-state index contributed by atoms with van der Waals surface area (Å²) in [4.78, 5) is 12.8. The van der Waals surface area contributed by atoms with Crippen molar-refractivity contribution in [2.24, 2.45) is 0 Å². The van der Waals surface area contributed by atoms with E-state index in [0.717, 1.165) is 28.7 Å². The van der Waals surface area contributed by atoms with E-state index in [0.29, 0.717) is 11.3 Å². The molecule has 6 heteroatoms. The quantitative estimate of drug-likeness (QED) is 0.516. The Morgan fingerprint density at radius 2 is 1.50 bits per heavy atom. The zero-order chi connectivity index (χ0) is 23.3. The van der Waals surface area contributed by atoms with Gasteiger partial charge >= 0.3 is 0 Å². The van der Waals surface area contributed by atoms with Crippen molar-refractivity contribution in [3.05, 3.63) is 101 Å². The van der Waals surface area contributed by atoms with Crippen LogP contribution in [0.5, 0.6) is 0 Å². The molecule has 1 N–H and O–H groups in total. The van der Waals surface area contributed by atoms with Crippen molar-refractivity contribution >= 4 is 21.6 Å². The molecule has 0 aliphatic rings. The molecule has 0 aromatic heterocycles. The highest BCUT2D eigenvalue weighted by molar-refractivity contribution is 7.92. The van der Waals surface area contributed by atoms with E-state index in [1.807, 2.05) is 81.4 Å². The molecule has 168 valence electrons. The van der Waals surface area contributed by atoms with Gasteiger partial charge in [-0.05, 0) is 54.7 Å². The molecule has 0 saturated heterocycles. The second kappa shape index (κ2) is 10.0. The lowest BCUT2D eigenvalue weighted by Gasteiger charge is -2.26. The molecule has 32 heavy (non-hydrogen) atoms. The number of nitrogens with one attached hydrogen (secondary N) is 1. The minimum atomic E-state index is -3.48. The summed E-state index contributed by atoms with van der Waals surface area (Å²) in [7, 11) is -3.48. The molecule has 0 saturated carbocycles. The number of hydrogen-bond donors (Lipinski definition) is 1. The van der Waals surface area contributed by atoms with E-state index in [4.69, 9.17) is 0 Å². The lowest BCUT2D eigenvalue weighted by molar-refractivity contribution is 0.0935. The maximum absolute atomic E-state index is 12.8. The fraction of sp³-hybridized carbons (Fsp3) is 0.269. The van der Waals surface area contributed by atoms with Crippen molar-refractivity contribution in [1.82, 2.24) is 5.32 Å². The normalized spacial score (nSPS) is 12.2. The lowest BCUT2D eigenvalue weighted by Crippen LogP contribution is -2.31. The van der Waals surface area contributed by atoms with Crippen LogP contribution in [0, 0.1) is 13.8 Å². The molecule has 1 amide bonds. The minimum absolute atomic E-state index is 0.0619. The Kier molecular flexibility index (Phi) is 7.36. The van der Waals surface area contributed by atoms with E-state index in [1.165, 1.54) is 10.6 Å². The summed E-state index contributed by atoms with van der Waals surface area (Å²) in [5, 5.41) is 3.08. The van der Waals surface area contributed by atoms with Crippen molar-refractivity contribution in [2.75, 3.05) is 10.6 Å². The average molecular weight is 451 g/mol. The molecular formula is C26H30N2O3S. The van der Waals surface area contributed by atoms with E-state index in [2.05, 4.69) is 5.32 Å². The molecule has 0 aliphatic heterocycles.